The summed E-state index contributed by atoms with van der Waals surface area (Å²) in [5.74, 6) is 0.419. The number of aliphatic hydroxyl groups is 1. The second-order valence-electron chi connectivity index (χ2n) is 5.02. The van der Waals surface area contributed by atoms with Crippen molar-refractivity contribution in [3.63, 3.8) is 0 Å². The fraction of sp³-hybridized carbons (Fsp3) is 0.500. The largest absolute Gasteiger partial charge is 0.508 e. The van der Waals surface area contributed by atoms with Gasteiger partial charge >= 0.3 is 0 Å². The highest BCUT2D eigenvalue weighted by Crippen LogP contribution is 2.19. The molecule has 1 atom stereocenters. The molecule has 1 amide bonds. The topological polar surface area (TPSA) is 72.8 Å². The number of aliphatic hydroxyl groups excluding tert-OH is 1. The van der Waals surface area contributed by atoms with Crippen molar-refractivity contribution < 1.29 is 15.0 Å². The van der Waals surface area contributed by atoms with Crippen molar-refractivity contribution >= 4 is 5.91 Å². The number of nitrogens with one attached hydrogen (secondary N) is 1. The Morgan fingerprint density at radius 2 is 2.32 bits per heavy atom. The minimum absolute atomic E-state index is 0.295. The number of likely N-dealkylation sites (tertiary alicyclic amines) is 1. The molecule has 1 aliphatic rings. The van der Waals surface area contributed by atoms with Crippen LogP contribution >= 0.6 is 0 Å². The second-order valence-corrected chi connectivity index (χ2v) is 5.02. The van der Waals surface area contributed by atoms with Gasteiger partial charge in [0.25, 0.3) is 0 Å². The summed E-state index contributed by atoms with van der Waals surface area (Å²) in [6.07, 6.45) is 1.05. The first-order chi connectivity index (χ1) is 9.17. The second kappa shape index (κ2) is 6.54. The van der Waals surface area contributed by atoms with Gasteiger partial charge in [-0.15, -0.1) is 0 Å². The highest BCUT2D eigenvalue weighted by Gasteiger charge is 2.22. The maximum atomic E-state index is 11.0. The molecule has 1 aliphatic heterocycles. The van der Waals surface area contributed by atoms with Crippen molar-refractivity contribution in [2.24, 2.45) is 5.92 Å². The lowest BCUT2D eigenvalue weighted by Gasteiger charge is -2.16. The molecule has 2 rings (SSSR count). The lowest BCUT2D eigenvalue weighted by Crippen LogP contribution is -2.32. The Kier molecular flexibility index (Phi) is 4.76. The average Bonchev–Trinajstić information content (AvgIpc) is 2.83. The molecule has 1 aromatic rings. The van der Waals surface area contributed by atoms with E-state index in [4.69, 9.17) is 5.11 Å². The molecule has 0 unspecified atom stereocenters. The van der Waals surface area contributed by atoms with Crippen LogP contribution < -0.4 is 5.32 Å². The number of phenolic OH excluding ortho intramolecular Hbond substituents is 1. The van der Waals surface area contributed by atoms with E-state index in [9.17, 15) is 9.90 Å². The summed E-state index contributed by atoms with van der Waals surface area (Å²) in [5, 5.41) is 20.8. The van der Waals surface area contributed by atoms with E-state index in [1.54, 1.807) is 12.1 Å². The fourth-order valence-electron chi connectivity index (χ4n) is 2.45. The van der Waals surface area contributed by atoms with E-state index < -0.39 is 6.61 Å². The van der Waals surface area contributed by atoms with Gasteiger partial charge in [-0.05, 0) is 36.6 Å². The van der Waals surface area contributed by atoms with Gasteiger partial charge in [-0.2, -0.15) is 0 Å². The molecule has 1 heterocycles. The van der Waals surface area contributed by atoms with Crippen LogP contribution in [0.15, 0.2) is 24.3 Å². The number of carbonyl (C=O) groups excluding carboxylic acids is 1. The monoisotopic (exact) mass is 264 g/mol. The first-order valence-corrected chi connectivity index (χ1v) is 6.55. The lowest BCUT2D eigenvalue weighted by atomic mass is 10.1. The quantitative estimate of drug-likeness (QED) is 0.716. The Bertz CT molecular complexity index is 436. The van der Waals surface area contributed by atoms with Crippen LogP contribution in [0.2, 0.25) is 0 Å². The summed E-state index contributed by atoms with van der Waals surface area (Å²) in [5.41, 5.74) is 1.10. The van der Waals surface area contributed by atoms with E-state index in [-0.39, 0.29) is 5.91 Å². The van der Waals surface area contributed by atoms with E-state index in [0.29, 0.717) is 18.2 Å². The van der Waals surface area contributed by atoms with E-state index in [2.05, 4.69) is 10.2 Å². The minimum atomic E-state index is -0.445. The zero-order chi connectivity index (χ0) is 13.7. The molecule has 0 spiro atoms. The fourth-order valence-corrected chi connectivity index (χ4v) is 2.45. The number of nitrogens with zero attached hydrogens (tertiary/aromatic N) is 1. The maximum Gasteiger partial charge on any atom is 0.245 e. The smallest absolute Gasteiger partial charge is 0.245 e. The maximum absolute atomic E-state index is 11.0. The number of hydrogen-bond acceptors (Lipinski definition) is 4. The number of benzene rings is 1. The number of amides is 1. The van der Waals surface area contributed by atoms with Gasteiger partial charge in [-0.1, -0.05) is 12.1 Å². The van der Waals surface area contributed by atoms with Crippen molar-refractivity contribution in [2.45, 2.75) is 13.0 Å². The number of carbonyl (C=O) groups is 1. The van der Waals surface area contributed by atoms with Crippen LogP contribution in [-0.4, -0.2) is 47.3 Å². The van der Waals surface area contributed by atoms with Crippen LogP contribution in [0.5, 0.6) is 5.75 Å². The van der Waals surface area contributed by atoms with E-state index in [1.165, 1.54) is 0 Å². The summed E-state index contributed by atoms with van der Waals surface area (Å²) < 4.78 is 0. The molecule has 1 aromatic carbocycles. The molecule has 0 aromatic heterocycles. The van der Waals surface area contributed by atoms with Gasteiger partial charge in [0.15, 0.2) is 0 Å². The standard InChI is InChI=1S/C14H20N2O3/c17-10-14(19)15-7-12-4-5-16(9-12)8-11-2-1-3-13(18)6-11/h1-3,6,12,17-18H,4-5,7-10H2,(H,15,19)/t12-/m1/s1. The Balaban J connectivity index is 1.77. The van der Waals surface area contributed by atoms with E-state index >= 15 is 0 Å². The van der Waals surface area contributed by atoms with Crippen molar-refractivity contribution in [2.75, 3.05) is 26.2 Å². The van der Waals surface area contributed by atoms with Gasteiger partial charge < -0.3 is 15.5 Å². The molecule has 19 heavy (non-hydrogen) atoms. The predicted octanol–water partition coefficient (Wildman–Crippen LogP) is 0.323. The molecule has 0 bridgehead atoms. The van der Waals surface area contributed by atoms with E-state index in [1.807, 2.05) is 12.1 Å². The first kappa shape index (κ1) is 13.8. The Hall–Kier alpha value is -1.59. The summed E-state index contributed by atoms with van der Waals surface area (Å²) >= 11 is 0. The molecule has 5 nitrogen and oxygen atoms in total. The van der Waals surface area contributed by atoms with Gasteiger partial charge in [0.05, 0.1) is 0 Å². The van der Waals surface area contributed by atoms with Crippen LogP contribution in [0.1, 0.15) is 12.0 Å². The third-order valence-corrected chi connectivity index (χ3v) is 3.42. The van der Waals surface area contributed by atoms with Gasteiger partial charge in [0.1, 0.15) is 12.4 Å². The van der Waals surface area contributed by atoms with Crippen molar-refractivity contribution in [3.05, 3.63) is 29.8 Å². The number of aromatic hydroxyl groups is 1. The summed E-state index contributed by atoms with van der Waals surface area (Å²) in [6.45, 7) is 2.92. The zero-order valence-corrected chi connectivity index (χ0v) is 10.9. The summed E-state index contributed by atoms with van der Waals surface area (Å²) in [7, 11) is 0. The Morgan fingerprint density at radius 3 is 3.05 bits per heavy atom. The zero-order valence-electron chi connectivity index (χ0n) is 10.9. The highest BCUT2D eigenvalue weighted by atomic mass is 16.3. The molecule has 104 valence electrons. The lowest BCUT2D eigenvalue weighted by molar-refractivity contribution is -0.123. The Labute approximate surface area is 112 Å². The third-order valence-electron chi connectivity index (χ3n) is 3.42. The SMILES string of the molecule is O=C(CO)NC[C@H]1CCN(Cc2cccc(O)c2)C1. The van der Waals surface area contributed by atoms with Crippen LogP contribution in [0.25, 0.3) is 0 Å². The van der Waals surface area contributed by atoms with Crippen molar-refractivity contribution in [3.8, 4) is 5.75 Å². The molecule has 5 heteroatoms. The van der Waals surface area contributed by atoms with Crippen LogP contribution in [-0.2, 0) is 11.3 Å². The van der Waals surface area contributed by atoms with Crippen LogP contribution in [0, 0.1) is 5.92 Å². The third kappa shape index (κ3) is 4.22. The number of phenols is 1. The normalized spacial score (nSPS) is 19.5. The summed E-state index contributed by atoms with van der Waals surface area (Å²) in [6, 6.07) is 7.29. The van der Waals surface area contributed by atoms with Gasteiger partial charge in [-0.3, -0.25) is 9.69 Å². The molecular formula is C14H20N2O3. The van der Waals surface area contributed by atoms with Crippen LogP contribution in [0.4, 0.5) is 0 Å². The molecule has 0 saturated carbocycles. The Morgan fingerprint density at radius 1 is 1.47 bits per heavy atom. The number of rotatable bonds is 5. The van der Waals surface area contributed by atoms with Gasteiger partial charge in [0.2, 0.25) is 5.91 Å². The van der Waals surface area contributed by atoms with Crippen molar-refractivity contribution in [1.82, 2.24) is 10.2 Å². The molecule has 3 N–H and O–H groups in total. The average molecular weight is 264 g/mol. The summed E-state index contributed by atoms with van der Waals surface area (Å²) in [4.78, 5) is 13.3. The first-order valence-electron chi connectivity index (χ1n) is 6.55. The van der Waals surface area contributed by atoms with E-state index in [0.717, 1.165) is 31.6 Å². The molecule has 1 fully saturated rings. The predicted molar refractivity (Wildman–Crippen MR) is 71.6 cm³/mol. The number of hydrogen-bond donors (Lipinski definition) is 3. The van der Waals surface area contributed by atoms with Crippen LogP contribution in [0.3, 0.4) is 0 Å². The van der Waals surface area contributed by atoms with Gasteiger partial charge in [-0.25, -0.2) is 0 Å². The van der Waals surface area contributed by atoms with Gasteiger partial charge in [0, 0.05) is 19.6 Å². The molecule has 0 radical (unpaired) electrons. The van der Waals surface area contributed by atoms with Crippen molar-refractivity contribution in [1.29, 1.82) is 0 Å². The highest BCUT2D eigenvalue weighted by molar-refractivity contribution is 5.76. The molecule has 0 aliphatic carbocycles. The molecular weight excluding hydrogens is 244 g/mol. The molecule has 1 saturated heterocycles. The minimum Gasteiger partial charge on any atom is -0.508 e.